The zero-order valence-corrected chi connectivity index (χ0v) is 15.3. The van der Waals surface area contributed by atoms with Crippen molar-refractivity contribution in [3.8, 4) is 0 Å². The van der Waals surface area contributed by atoms with Gasteiger partial charge in [-0.25, -0.2) is 4.79 Å². The van der Waals surface area contributed by atoms with Gasteiger partial charge >= 0.3 is 5.97 Å². The van der Waals surface area contributed by atoms with Crippen molar-refractivity contribution in [1.82, 2.24) is 14.8 Å². The molecule has 26 heavy (non-hydrogen) atoms. The van der Waals surface area contributed by atoms with Gasteiger partial charge in [-0.15, -0.1) is 0 Å². The number of pyridine rings is 1. The Labute approximate surface area is 153 Å². The number of aromatic nitrogens is 1. The van der Waals surface area contributed by atoms with Gasteiger partial charge in [-0.2, -0.15) is 0 Å². The van der Waals surface area contributed by atoms with E-state index < -0.39 is 12.0 Å². The molecule has 1 aromatic heterocycles. The SMILES string of the molecule is Cc1ccc(C(=O)N2CCC3(CCC(=O)N([C@@H](C)C(=O)O)C3)CC2)cn1. The minimum atomic E-state index is -0.977. The van der Waals surface area contributed by atoms with E-state index in [0.717, 1.165) is 25.0 Å². The molecule has 1 atom stereocenters. The summed E-state index contributed by atoms with van der Waals surface area (Å²) in [5, 5.41) is 9.25. The van der Waals surface area contributed by atoms with Gasteiger partial charge in [0.25, 0.3) is 5.91 Å². The topological polar surface area (TPSA) is 90.8 Å². The van der Waals surface area contributed by atoms with Crippen LogP contribution in [0.4, 0.5) is 0 Å². The van der Waals surface area contributed by atoms with E-state index in [9.17, 15) is 19.5 Å². The molecule has 7 nitrogen and oxygen atoms in total. The first-order valence-electron chi connectivity index (χ1n) is 9.06. The van der Waals surface area contributed by atoms with Crippen LogP contribution < -0.4 is 0 Å². The number of aliphatic carboxylic acids is 1. The number of carbonyl (C=O) groups is 3. The maximum Gasteiger partial charge on any atom is 0.326 e. The number of carboxylic acids is 1. The molecule has 2 amide bonds. The van der Waals surface area contributed by atoms with Gasteiger partial charge in [-0.3, -0.25) is 14.6 Å². The molecule has 0 radical (unpaired) electrons. The van der Waals surface area contributed by atoms with Crippen molar-refractivity contribution in [3.05, 3.63) is 29.6 Å². The molecule has 1 aromatic rings. The third-order valence-electron chi connectivity index (χ3n) is 5.79. The molecule has 7 heteroatoms. The van der Waals surface area contributed by atoms with Crippen molar-refractivity contribution in [1.29, 1.82) is 0 Å². The van der Waals surface area contributed by atoms with E-state index in [1.165, 1.54) is 4.90 Å². The minimum Gasteiger partial charge on any atom is -0.480 e. The van der Waals surface area contributed by atoms with E-state index in [0.29, 0.717) is 31.6 Å². The first-order valence-corrected chi connectivity index (χ1v) is 9.06. The second-order valence-electron chi connectivity index (χ2n) is 7.52. The number of nitrogens with zero attached hydrogens (tertiary/aromatic N) is 3. The lowest BCUT2D eigenvalue weighted by Gasteiger charge is -2.48. The Kier molecular flexibility index (Phi) is 4.98. The van der Waals surface area contributed by atoms with Gasteiger partial charge in [0.1, 0.15) is 6.04 Å². The van der Waals surface area contributed by atoms with Crippen molar-refractivity contribution in [2.75, 3.05) is 19.6 Å². The van der Waals surface area contributed by atoms with Crippen LogP contribution in [0.3, 0.4) is 0 Å². The van der Waals surface area contributed by atoms with E-state index >= 15 is 0 Å². The normalized spacial score (nSPS) is 20.9. The second kappa shape index (κ2) is 7.05. The summed E-state index contributed by atoms with van der Waals surface area (Å²) in [4.78, 5) is 43.6. The first-order chi connectivity index (χ1) is 12.3. The molecule has 2 saturated heterocycles. The average molecular weight is 359 g/mol. The molecule has 0 aromatic carbocycles. The molecule has 140 valence electrons. The molecular weight excluding hydrogens is 334 g/mol. The van der Waals surface area contributed by atoms with Crippen LogP contribution in [0.2, 0.25) is 0 Å². The molecule has 0 aliphatic carbocycles. The number of hydrogen-bond acceptors (Lipinski definition) is 4. The molecule has 1 spiro atoms. The third kappa shape index (κ3) is 3.57. The Balaban J connectivity index is 1.65. The summed E-state index contributed by atoms with van der Waals surface area (Å²) in [7, 11) is 0. The van der Waals surface area contributed by atoms with E-state index in [-0.39, 0.29) is 17.2 Å². The van der Waals surface area contributed by atoms with Gasteiger partial charge in [-0.05, 0) is 50.7 Å². The molecule has 2 aliphatic rings. The Morgan fingerprint density at radius 3 is 2.50 bits per heavy atom. The maximum atomic E-state index is 12.6. The standard InChI is InChI=1S/C19H25N3O4/c1-13-3-4-15(11-20-13)17(24)21-9-7-19(8-10-21)6-5-16(23)22(12-19)14(2)18(25)26/h3-4,11,14H,5-10,12H2,1-2H3,(H,25,26)/t14-/m0/s1. The highest BCUT2D eigenvalue weighted by molar-refractivity contribution is 5.94. The summed E-state index contributed by atoms with van der Waals surface area (Å²) in [6.45, 7) is 5.15. The smallest absolute Gasteiger partial charge is 0.326 e. The van der Waals surface area contributed by atoms with Gasteiger partial charge in [-0.1, -0.05) is 0 Å². The predicted octanol–water partition coefficient (Wildman–Crippen LogP) is 1.71. The fraction of sp³-hybridized carbons (Fsp3) is 0.579. The van der Waals surface area contributed by atoms with E-state index in [2.05, 4.69) is 4.98 Å². The monoisotopic (exact) mass is 359 g/mol. The molecular formula is C19H25N3O4. The van der Waals surface area contributed by atoms with Gasteiger partial charge in [0.15, 0.2) is 0 Å². The summed E-state index contributed by atoms with van der Waals surface area (Å²) in [5.74, 6) is -1.08. The molecule has 3 rings (SSSR count). The van der Waals surface area contributed by atoms with Crippen LogP contribution in [0.1, 0.15) is 48.7 Å². The molecule has 2 aliphatic heterocycles. The Morgan fingerprint density at radius 1 is 1.23 bits per heavy atom. The zero-order valence-electron chi connectivity index (χ0n) is 15.3. The summed E-state index contributed by atoms with van der Waals surface area (Å²) in [6, 6.07) is 2.82. The Bertz CT molecular complexity index is 708. The summed E-state index contributed by atoms with van der Waals surface area (Å²) in [5.41, 5.74) is 1.38. The maximum absolute atomic E-state index is 12.6. The first kappa shape index (κ1) is 18.4. The number of carboxylic acid groups (broad SMARTS) is 1. The van der Waals surface area contributed by atoms with E-state index in [4.69, 9.17) is 0 Å². The summed E-state index contributed by atoms with van der Waals surface area (Å²) < 4.78 is 0. The summed E-state index contributed by atoms with van der Waals surface area (Å²) in [6.07, 6.45) is 4.33. The van der Waals surface area contributed by atoms with Crippen LogP contribution >= 0.6 is 0 Å². The van der Waals surface area contributed by atoms with Gasteiger partial charge in [0, 0.05) is 37.9 Å². The molecule has 0 saturated carbocycles. The van der Waals surface area contributed by atoms with E-state index in [1.807, 2.05) is 17.9 Å². The van der Waals surface area contributed by atoms with Crippen LogP contribution in [-0.4, -0.2) is 63.4 Å². The van der Waals surface area contributed by atoms with Gasteiger partial charge in [0.2, 0.25) is 5.91 Å². The number of likely N-dealkylation sites (tertiary alicyclic amines) is 2. The van der Waals surface area contributed by atoms with Crippen molar-refractivity contribution < 1.29 is 19.5 Å². The third-order valence-corrected chi connectivity index (χ3v) is 5.79. The largest absolute Gasteiger partial charge is 0.480 e. The molecule has 1 N–H and O–H groups in total. The quantitative estimate of drug-likeness (QED) is 0.887. The number of amides is 2. The molecule has 0 unspecified atom stereocenters. The van der Waals surface area contributed by atoms with Crippen LogP contribution in [0.15, 0.2) is 18.3 Å². The fourth-order valence-corrected chi connectivity index (χ4v) is 3.90. The zero-order chi connectivity index (χ0) is 18.9. The van der Waals surface area contributed by atoms with Crippen LogP contribution in [0.25, 0.3) is 0 Å². The van der Waals surface area contributed by atoms with Crippen LogP contribution in [0, 0.1) is 12.3 Å². The summed E-state index contributed by atoms with van der Waals surface area (Å²) >= 11 is 0. The molecule has 0 bridgehead atoms. The number of hydrogen-bond donors (Lipinski definition) is 1. The highest BCUT2D eigenvalue weighted by Crippen LogP contribution is 2.41. The van der Waals surface area contributed by atoms with Crippen LogP contribution in [0.5, 0.6) is 0 Å². The average Bonchev–Trinajstić information content (AvgIpc) is 2.64. The van der Waals surface area contributed by atoms with Crippen molar-refractivity contribution in [3.63, 3.8) is 0 Å². The molecule has 2 fully saturated rings. The van der Waals surface area contributed by atoms with Gasteiger partial charge in [0.05, 0.1) is 5.56 Å². The predicted molar refractivity (Wildman–Crippen MR) is 94.6 cm³/mol. The number of piperidine rings is 2. The van der Waals surface area contributed by atoms with Crippen molar-refractivity contribution >= 4 is 17.8 Å². The number of rotatable bonds is 3. The fourth-order valence-electron chi connectivity index (χ4n) is 3.90. The van der Waals surface area contributed by atoms with Crippen molar-refractivity contribution in [2.24, 2.45) is 5.41 Å². The highest BCUT2D eigenvalue weighted by Gasteiger charge is 2.43. The Morgan fingerprint density at radius 2 is 1.92 bits per heavy atom. The second-order valence-corrected chi connectivity index (χ2v) is 7.52. The number of aryl methyl sites for hydroxylation is 1. The number of carbonyl (C=O) groups excluding carboxylic acids is 2. The lowest BCUT2D eigenvalue weighted by molar-refractivity contribution is -0.154. The van der Waals surface area contributed by atoms with E-state index in [1.54, 1.807) is 19.2 Å². The minimum absolute atomic E-state index is 0.0185. The van der Waals surface area contributed by atoms with Crippen LogP contribution in [-0.2, 0) is 9.59 Å². The lowest BCUT2D eigenvalue weighted by Crippen LogP contribution is -2.55. The van der Waals surface area contributed by atoms with Crippen molar-refractivity contribution in [2.45, 2.75) is 45.6 Å². The lowest BCUT2D eigenvalue weighted by atomic mass is 9.72. The highest BCUT2D eigenvalue weighted by atomic mass is 16.4. The Hall–Kier alpha value is -2.44. The van der Waals surface area contributed by atoms with Gasteiger partial charge < -0.3 is 14.9 Å². The molecule has 3 heterocycles.